The summed E-state index contributed by atoms with van der Waals surface area (Å²) in [5, 5.41) is 3.26. The highest BCUT2D eigenvalue weighted by Gasteiger charge is 2.17. The molecule has 4 nitrogen and oxygen atoms in total. The summed E-state index contributed by atoms with van der Waals surface area (Å²) in [4.78, 5) is 8.59. The predicted octanol–water partition coefficient (Wildman–Crippen LogP) is 4.59. The van der Waals surface area contributed by atoms with Gasteiger partial charge < -0.3 is 10.1 Å². The van der Waals surface area contributed by atoms with E-state index in [1.165, 1.54) is 6.33 Å². The van der Waals surface area contributed by atoms with Crippen LogP contribution in [-0.4, -0.2) is 16.5 Å². The van der Waals surface area contributed by atoms with E-state index in [-0.39, 0.29) is 5.92 Å². The molecule has 0 amide bonds. The maximum Gasteiger partial charge on any atom is 0.227 e. The SMILES string of the molecule is CCNc1ncnc(Oc2ccccc2Br)c1C(C)C. The largest absolute Gasteiger partial charge is 0.437 e. The molecule has 2 rings (SSSR count). The third kappa shape index (κ3) is 3.28. The normalized spacial score (nSPS) is 10.7. The molecule has 5 heteroatoms. The molecule has 0 saturated heterocycles. The van der Waals surface area contributed by atoms with E-state index < -0.39 is 0 Å². The Bertz CT molecular complexity index is 587. The number of benzene rings is 1. The van der Waals surface area contributed by atoms with Gasteiger partial charge in [-0.3, -0.25) is 0 Å². The summed E-state index contributed by atoms with van der Waals surface area (Å²) < 4.78 is 6.85. The van der Waals surface area contributed by atoms with Crippen LogP contribution in [-0.2, 0) is 0 Å². The summed E-state index contributed by atoms with van der Waals surface area (Å²) in [7, 11) is 0. The van der Waals surface area contributed by atoms with Crippen molar-refractivity contribution in [1.29, 1.82) is 0 Å². The number of ether oxygens (including phenoxy) is 1. The maximum atomic E-state index is 5.95. The average molecular weight is 336 g/mol. The fourth-order valence-electron chi connectivity index (χ4n) is 1.92. The molecule has 1 aromatic carbocycles. The van der Waals surface area contributed by atoms with Crippen molar-refractivity contribution in [2.75, 3.05) is 11.9 Å². The zero-order valence-corrected chi connectivity index (χ0v) is 13.4. The van der Waals surface area contributed by atoms with Gasteiger partial charge in [-0.1, -0.05) is 26.0 Å². The van der Waals surface area contributed by atoms with Crippen LogP contribution in [0, 0.1) is 0 Å². The van der Waals surface area contributed by atoms with Crippen molar-refractivity contribution in [1.82, 2.24) is 9.97 Å². The third-order valence-electron chi connectivity index (χ3n) is 2.81. The fraction of sp³-hybridized carbons (Fsp3) is 0.333. The first-order valence-corrected chi connectivity index (χ1v) is 7.44. The Morgan fingerprint density at radius 2 is 2.00 bits per heavy atom. The lowest BCUT2D eigenvalue weighted by molar-refractivity contribution is 0.449. The van der Waals surface area contributed by atoms with E-state index in [1.54, 1.807) is 0 Å². The highest BCUT2D eigenvalue weighted by atomic mass is 79.9. The van der Waals surface area contributed by atoms with Crippen LogP contribution in [0.5, 0.6) is 11.6 Å². The van der Waals surface area contributed by atoms with E-state index in [0.717, 1.165) is 28.1 Å². The van der Waals surface area contributed by atoms with Crippen molar-refractivity contribution in [3.63, 3.8) is 0 Å². The number of hydrogen-bond donors (Lipinski definition) is 1. The number of aromatic nitrogens is 2. The van der Waals surface area contributed by atoms with Crippen molar-refractivity contribution < 1.29 is 4.74 Å². The van der Waals surface area contributed by atoms with Crippen molar-refractivity contribution >= 4 is 21.7 Å². The van der Waals surface area contributed by atoms with Gasteiger partial charge in [0, 0.05) is 6.54 Å². The Labute approximate surface area is 127 Å². The summed E-state index contributed by atoms with van der Waals surface area (Å²) in [5.41, 5.74) is 0.991. The van der Waals surface area contributed by atoms with Crippen LogP contribution in [0.3, 0.4) is 0 Å². The van der Waals surface area contributed by atoms with Gasteiger partial charge in [0.1, 0.15) is 17.9 Å². The van der Waals surface area contributed by atoms with Crippen LogP contribution in [0.1, 0.15) is 32.3 Å². The first kappa shape index (κ1) is 14.8. The van der Waals surface area contributed by atoms with E-state index in [2.05, 4.69) is 45.1 Å². The lowest BCUT2D eigenvalue weighted by Crippen LogP contribution is -2.07. The predicted molar refractivity (Wildman–Crippen MR) is 84.5 cm³/mol. The summed E-state index contributed by atoms with van der Waals surface area (Å²) in [6, 6.07) is 7.73. The van der Waals surface area contributed by atoms with E-state index in [1.807, 2.05) is 31.2 Å². The summed E-state index contributed by atoms with van der Waals surface area (Å²) >= 11 is 3.48. The second-order valence-corrected chi connectivity index (χ2v) is 5.51. The van der Waals surface area contributed by atoms with Gasteiger partial charge in [0.2, 0.25) is 5.88 Å². The monoisotopic (exact) mass is 335 g/mol. The van der Waals surface area contributed by atoms with Crippen molar-refractivity contribution in [2.24, 2.45) is 0 Å². The number of halogens is 1. The molecule has 0 saturated carbocycles. The highest BCUT2D eigenvalue weighted by Crippen LogP contribution is 2.35. The molecule has 0 unspecified atom stereocenters. The van der Waals surface area contributed by atoms with Crippen molar-refractivity contribution in [2.45, 2.75) is 26.7 Å². The highest BCUT2D eigenvalue weighted by molar-refractivity contribution is 9.10. The fourth-order valence-corrected chi connectivity index (χ4v) is 2.29. The number of hydrogen-bond acceptors (Lipinski definition) is 4. The smallest absolute Gasteiger partial charge is 0.227 e. The van der Waals surface area contributed by atoms with Gasteiger partial charge in [0.15, 0.2) is 0 Å². The van der Waals surface area contributed by atoms with E-state index in [0.29, 0.717) is 5.88 Å². The molecule has 0 fully saturated rings. The molecule has 0 bridgehead atoms. The Balaban J connectivity index is 2.41. The zero-order chi connectivity index (χ0) is 14.5. The van der Waals surface area contributed by atoms with Crippen LogP contribution >= 0.6 is 15.9 Å². The summed E-state index contributed by atoms with van der Waals surface area (Å²) in [5.74, 6) is 2.44. The molecule has 1 aromatic heterocycles. The number of nitrogens with one attached hydrogen (secondary N) is 1. The first-order valence-electron chi connectivity index (χ1n) is 6.64. The van der Waals surface area contributed by atoms with Crippen LogP contribution in [0.15, 0.2) is 35.1 Å². The van der Waals surface area contributed by atoms with Gasteiger partial charge in [0.25, 0.3) is 0 Å². The van der Waals surface area contributed by atoms with Crippen molar-refractivity contribution in [3.8, 4) is 11.6 Å². The Hall–Kier alpha value is -1.62. The Kier molecular flexibility index (Phi) is 4.95. The molecule has 0 aliphatic carbocycles. The molecule has 20 heavy (non-hydrogen) atoms. The van der Waals surface area contributed by atoms with Gasteiger partial charge in [-0.2, -0.15) is 0 Å². The number of nitrogens with zero attached hydrogens (tertiary/aromatic N) is 2. The second-order valence-electron chi connectivity index (χ2n) is 4.66. The van der Waals surface area contributed by atoms with Gasteiger partial charge in [0.05, 0.1) is 10.0 Å². The summed E-state index contributed by atoms with van der Waals surface area (Å²) in [6.07, 6.45) is 1.52. The van der Waals surface area contributed by atoms with E-state index >= 15 is 0 Å². The summed E-state index contributed by atoms with van der Waals surface area (Å²) in [6.45, 7) is 7.06. The molecule has 0 aliphatic rings. The number of para-hydroxylation sites is 1. The minimum atomic E-state index is 0.266. The van der Waals surface area contributed by atoms with Gasteiger partial charge in [-0.05, 0) is 40.9 Å². The number of rotatable bonds is 5. The molecule has 2 aromatic rings. The molecule has 0 spiro atoms. The topological polar surface area (TPSA) is 47.0 Å². The zero-order valence-electron chi connectivity index (χ0n) is 11.9. The average Bonchev–Trinajstić information content (AvgIpc) is 2.41. The molecule has 0 atom stereocenters. The molecule has 1 heterocycles. The standard InChI is InChI=1S/C15H18BrN3O/c1-4-17-14-13(10(2)3)15(19-9-18-14)20-12-8-6-5-7-11(12)16/h5-10H,4H2,1-3H3,(H,17,18,19). The number of anilines is 1. The van der Waals surface area contributed by atoms with Crippen molar-refractivity contribution in [3.05, 3.63) is 40.6 Å². The van der Waals surface area contributed by atoms with E-state index in [9.17, 15) is 0 Å². The molecular weight excluding hydrogens is 318 g/mol. The molecule has 0 radical (unpaired) electrons. The molecule has 1 N–H and O–H groups in total. The molecule has 0 aliphatic heterocycles. The second kappa shape index (κ2) is 6.70. The molecular formula is C15H18BrN3O. The minimum absolute atomic E-state index is 0.266. The van der Waals surface area contributed by atoms with Crippen LogP contribution < -0.4 is 10.1 Å². The lowest BCUT2D eigenvalue weighted by Gasteiger charge is -2.16. The Morgan fingerprint density at radius 3 is 2.65 bits per heavy atom. The maximum absolute atomic E-state index is 5.95. The van der Waals surface area contributed by atoms with Crippen LogP contribution in [0.2, 0.25) is 0 Å². The van der Waals surface area contributed by atoms with Crippen LogP contribution in [0.4, 0.5) is 5.82 Å². The van der Waals surface area contributed by atoms with Gasteiger partial charge in [-0.15, -0.1) is 0 Å². The first-order chi connectivity index (χ1) is 9.63. The molecule has 106 valence electrons. The quantitative estimate of drug-likeness (QED) is 0.868. The van der Waals surface area contributed by atoms with Gasteiger partial charge in [-0.25, -0.2) is 9.97 Å². The Morgan fingerprint density at radius 1 is 1.25 bits per heavy atom. The third-order valence-corrected chi connectivity index (χ3v) is 3.47. The van der Waals surface area contributed by atoms with E-state index in [4.69, 9.17) is 4.74 Å². The lowest BCUT2D eigenvalue weighted by atomic mass is 10.1. The van der Waals surface area contributed by atoms with Crippen LogP contribution in [0.25, 0.3) is 0 Å². The minimum Gasteiger partial charge on any atom is -0.437 e. The van der Waals surface area contributed by atoms with Gasteiger partial charge >= 0.3 is 0 Å².